The molecule has 13 nitrogen and oxygen atoms in total. The average molecular weight is 575 g/mol. The van der Waals surface area contributed by atoms with Gasteiger partial charge >= 0.3 is 12.5 Å². The Kier molecular flexibility index (Phi) is 9.98. The zero-order valence-electron chi connectivity index (χ0n) is 21.5. The van der Waals surface area contributed by atoms with Crippen LogP contribution in [-0.4, -0.2) is 97.2 Å². The number of alkyl halides is 2. The summed E-state index contributed by atoms with van der Waals surface area (Å²) in [6, 6.07) is 0.993. The largest absolute Gasteiger partial charge is 0.442 e. The van der Waals surface area contributed by atoms with Crippen LogP contribution < -0.4 is 26.7 Å². The number of hydrazine groups is 2. The number of hydrogen-bond donors (Lipinski definition) is 3. The molecular weight excluding hydrogens is 544 g/mol. The summed E-state index contributed by atoms with van der Waals surface area (Å²) < 4.78 is 60.6. The van der Waals surface area contributed by atoms with Gasteiger partial charge in [-0.2, -0.15) is 8.78 Å². The number of carbonyl (C=O) groups excluding carboxylic acids is 4. The summed E-state index contributed by atoms with van der Waals surface area (Å²) in [5.74, 6) is 1.53. The molecule has 2 aliphatic rings. The standard InChI is InChI=1S/C23H30F4N8O5/c1-14(30-22(38)21(26)27)8-19(37)35-7-5-31(4-6-33(35)13-36)20-17(24)9-15(10-18(20)25)34-12-16(40-23(34)39)11-32(29)3-2-28/h2-3,9-10,13-14,16,21H,4-8,11-12,28-29H2,1H3,(H,30,38)/b3-2-/t14-,16+/m1/s1. The molecule has 0 radical (unpaired) electrons. The van der Waals surface area contributed by atoms with Crippen LogP contribution in [0, 0.1) is 11.6 Å². The van der Waals surface area contributed by atoms with Gasteiger partial charge in [0.05, 0.1) is 31.9 Å². The Labute approximate surface area is 226 Å². The number of rotatable bonds is 10. The van der Waals surface area contributed by atoms with Crippen LogP contribution in [0.2, 0.25) is 0 Å². The van der Waals surface area contributed by atoms with Crippen LogP contribution in [0.4, 0.5) is 33.7 Å². The zero-order valence-corrected chi connectivity index (χ0v) is 21.5. The summed E-state index contributed by atoms with van der Waals surface area (Å²) in [4.78, 5) is 50.3. The van der Waals surface area contributed by atoms with Gasteiger partial charge in [-0.15, -0.1) is 0 Å². The van der Waals surface area contributed by atoms with E-state index in [0.717, 1.165) is 27.1 Å². The minimum atomic E-state index is -3.25. The van der Waals surface area contributed by atoms with Gasteiger partial charge in [0.1, 0.15) is 11.8 Å². The Morgan fingerprint density at radius 1 is 1.20 bits per heavy atom. The van der Waals surface area contributed by atoms with Crippen LogP contribution in [0.15, 0.2) is 24.5 Å². The average Bonchev–Trinajstić information content (AvgIpc) is 3.10. The second kappa shape index (κ2) is 13.2. The monoisotopic (exact) mass is 574 g/mol. The van der Waals surface area contributed by atoms with Gasteiger partial charge in [0, 0.05) is 50.1 Å². The summed E-state index contributed by atoms with van der Waals surface area (Å²) in [5.41, 5.74) is 4.76. The number of halogens is 4. The minimum absolute atomic E-state index is 0.0194. The van der Waals surface area contributed by atoms with Crippen molar-refractivity contribution in [2.24, 2.45) is 11.6 Å². The van der Waals surface area contributed by atoms with Crippen molar-refractivity contribution in [3.05, 3.63) is 36.2 Å². The van der Waals surface area contributed by atoms with Gasteiger partial charge in [0.15, 0.2) is 11.6 Å². The molecule has 0 aliphatic carbocycles. The van der Waals surface area contributed by atoms with Crippen molar-refractivity contribution in [1.29, 1.82) is 0 Å². The summed E-state index contributed by atoms with van der Waals surface area (Å²) in [7, 11) is 0. The molecule has 0 aromatic heterocycles. The molecule has 0 saturated carbocycles. The van der Waals surface area contributed by atoms with Crippen LogP contribution in [0.25, 0.3) is 0 Å². The van der Waals surface area contributed by atoms with E-state index in [4.69, 9.17) is 16.3 Å². The van der Waals surface area contributed by atoms with E-state index in [1.165, 1.54) is 29.2 Å². The topological polar surface area (TPSA) is 158 Å². The zero-order chi connectivity index (χ0) is 29.6. The molecular formula is C23H30F4N8O5. The molecule has 2 heterocycles. The highest BCUT2D eigenvalue weighted by atomic mass is 19.3. The van der Waals surface area contributed by atoms with Gasteiger partial charge < -0.3 is 25.7 Å². The molecule has 5 N–H and O–H groups in total. The van der Waals surface area contributed by atoms with Gasteiger partial charge in [0.25, 0.3) is 5.91 Å². The van der Waals surface area contributed by atoms with E-state index in [1.54, 1.807) is 0 Å². The third kappa shape index (κ3) is 7.22. The molecule has 17 heteroatoms. The lowest BCUT2D eigenvalue weighted by Gasteiger charge is -2.30. The number of cyclic esters (lactones) is 1. The molecule has 40 heavy (non-hydrogen) atoms. The SMILES string of the molecule is C[C@H](CC(=O)N1CCN(c2c(F)cc(N3C[C@H](CN(N)/C=C\N)OC3=O)cc2F)CCN1C=O)NC(=O)C(F)F. The highest BCUT2D eigenvalue weighted by Gasteiger charge is 2.35. The molecule has 4 amide bonds. The number of anilines is 2. The molecule has 2 saturated heterocycles. The highest BCUT2D eigenvalue weighted by molar-refractivity contribution is 5.90. The second-order valence-electron chi connectivity index (χ2n) is 9.10. The Balaban J connectivity index is 1.71. The summed E-state index contributed by atoms with van der Waals surface area (Å²) >= 11 is 0. The Morgan fingerprint density at radius 3 is 2.45 bits per heavy atom. The van der Waals surface area contributed by atoms with E-state index >= 15 is 8.78 Å². The van der Waals surface area contributed by atoms with Crippen LogP contribution in [0.1, 0.15) is 13.3 Å². The normalized spacial score (nSPS) is 18.7. The van der Waals surface area contributed by atoms with Crippen molar-refractivity contribution in [3.8, 4) is 0 Å². The van der Waals surface area contributed by atoms with Crippen molar-refractivity contribution in [2.75, 3.05) is 49.1 Å². The number of amides is 4. The third-order valence-corrected chi connectivity index (χ3v) is 6.16. The summed E-state index contributed by atoms with van der Waals surface area (Å²) in [5, 5.41) is 5.23. The number of hydrogen-bond acceptors (Lipinski definition) is 9. The van der Waals surface area contributed by atoms with E-state index in [-0.39, 0.29) is 45.0 Å². The lowest BCUT2D eigenvalue weighted by Crippen LogP contribution is -2.49. The van der Waals surface area contributed by atoms with Crippen LogP contribution in [-0.2, 0) is 19.1 Å². The summed E-state index contributed by atoms with van der Waals surface area (Å²) in [6.45, 7) is 0.988. The van der Waals surface area contributed by atoms with Gasteiger partial charge in [-0.25, -0.2) is 24.4 Å². The van der Waals surface area contributed by atoms with E-state index < -0.39 is 60.2 Å². The van der Waals surface area contributed by atoms with Crippen LogP contribution >= 0.6 is 0 Å². The fraction of sp³-hybridized carbons (Fsp3) is 0.478. The van der Waals surface area contributed by atoms with Gasteiger partial charge in [-0.1, -0.05) is 0 Å². The molecule has 0 bridgehead atoms. The molecule has 2 aliphatic heterocycles. The van der Waals surface area contributed by atoms with Crippen LogP contribution in [0.3, 0.4) is 0 Å². The van der Waals surface area contributed by atoms with Gasteiger partial charge in [-0.3, -0.25) is 24.3 Å². The predicted molar refractivity (Wildman–Crippen MR) is 133 cm³/mol. The van der Waals surface area contributed by atoms with E-state index in [0.29, 0.717) is 6.41 Å². The molecule has 2 atom stereocenters. The number of nitrogens with two attached hydrogens (primary N) is 2. The molecule has 1 aromatic carbocycles. The smallest absolute Gasteiger partial charge is 0.414 e. The van der Waals surface area contributed by atoms with Gasteiger partial charge in [0.2, 0.25) is 12.3 Å². The van der Waals surface area contributed by atoms with Crippen molar-refractivity contribution < 1.29 is 41.5 Å². The minimum Gasteiger partial charge on any atom is -0.442 e. The Morgan fingerprint density at radius 2 is 1.85 bits per heavy atom. The first-order valence-corrected chi connectivity index (χ1v) is 12.2. The van der Waals surface area contributed by atoms with Crippen molar-refractivity contribution >= 4 is 35.7 Å². The number of benzene rings is 1. The highest BCUT2D eigenvalue weighted by Crippen LogP contribution is 2.31. The quantitative estimate of drug-likeness (QED) is 0.152. The van der Waals surface area contributed by atoms with E-state index in [2.05, 4.69) is 0 Å². The van der Waals surface area contributed by atoms with E-state index in [1.807, 2.05) is 5.32 Å². The maximum atomic E-state index is 15.2. The first kappa shape index (κ1) is 30.3. The Bertz CT molecular complexity index is 1120. The van der Waals surface area contributed by atoms with Crippen LogP contribution in [0.5, 0.6) is 0 Å². The fourth-order valence-electron chi connectivity index (χ4n) is 4.37. The lowest BCUT2D eigenvalue weighted by atomic mass is 10.2. The Hall–Kier alpha value is -4.28. The molecule has 0 unspecified atom stereocenters. The summed E-state index contributed by atoms with van der Waals surface area (Å²) in [6.07, 6.45) is -2.22. The van der Waals surface area contributed by atoms with E-state index in [9.17, 15) is 28.0 Å². The maximum Gasteiger partial charge on any atom is 0.414 e. The fourth-order valence-corrected chi connectivity index (χ4v) is 4.37. The van der Waals surface area contributed by atoms with Crippen molar-refractivity contribution in [2.45, 2.75) is 31.9 Å². The molecule has 1 aromatic rings. The van der Waals surface area contributed by atoms with Gasteiger partial charge in [-0.05, 0) is 6.92 Å². The third-order valence-electron chi connectivity index (χ3n) is 6.16. The number of nitrogens with zero attached hydrogens (tertiary/aromatic N) is 5. The molecule has 220 valence electrons. The van der Waals surface area contributed by atoms with Crippen molar-refractivity contribution in [3.63, 3.8) is 0 Å². The predicted octanol–water partition coefficient (Wildman–Crippen LogP) is 0.0775. The molecule has 2 fully saturated rings. The van der Waals surface area contributed by atoms with Crippen molar-refractivity contribution in [1.82, 2.24) is 20.3 Å². The molecule has 0 spiro atoms. The first-order valence-electron chi connectivity index (χ1n) is 12.2. The second-order valence-corrected chi connectivity index (χ2v) is 9.10. The maximum absolute atomic E-state index is 15.2. The number of nitrogens with one attached hydrogen (secondary N) is 1. The lowest BCUT2D eigenvalue weighted by molar-refractivity contribution is -0.155. The number of carbonyl (C=O) groups is 4. The number of ether oxygens (including phenoxy) is 1. The molecule has 3 rings (SSSR count). The first-order chi connectivity index (χ1) is 18.9.